The first-order chi connectivity index (χ1) is 7.46. The van der Waals surface area contributed by atoms with Crippen molar-refractivity contribution in [3.63, 3.8) is 0 Å². The number of hydrogen-bond donors (Lipinski definition) is 0. The van der Waals surface area contributed by atoms with Crippen molar-refractivity contribution < 1.29 is 9.53 Å². The van der Waals surface area contributed by atoms with E-state index < -0.39 is 5.60 Å². The van der Waals surface area contributed by atoms with Crippen molar-refractivity contribution in [1.82, 2.24) is 9.55 Å². The largest absolute Gasteiger partial charge is 0.443 e. The van der Waals surface area contributed by atoms with E-state index >= 15 is 0 Å². The molecule has 0 aromatic rings. The molecule has 0 unspecified atom stereocenters. The summed E-state index contributed by atoms with van der Waals surface area (Å²) in [4.78, 5) is 15.9. The Bertz CT molecular complexity index is 488. The molecular weight excluding hydrogens is 284 g/mol. The van der Waals surface area contributed by atoms with Gasteiger partial charge in [0.1, 0.15) is 5.60 Å². The van der Waals surface area contributed by atoms with Crippen molar-refractivity contribution >= 4 is 23.1 Å². The lowest BCUT2D eigenvalue weighted by Gasteiger charge is -2.20. The molecule has 2 aliphatic heterocycles. The molecular formula is C12H15BrN2O2. The van der Waals surface area contributed by atoms with Gasteiger partial charge in [-0.1, -0.05) is 0 Å². The Hall–Kier alpha value is -1.36. The van der Waals surface area contributed by atoms with Crippen LogP contribution in [0.3, 0.4) is 0 Å². The predicted octanol–water partition coefficient (Wildman–Crippen LogP) is 3.35. The summed E-state index contributed by atoms with van der Waals surface area (Å²) >= 11 is 0. The highest BCUT2D eigenvalue weighted by Gasteiger charge is 2.17. The van der Waals surface area contributed by atoms with E-state index in [0.717, 1.165) is 11.3 Å². The molecule has 0 amide bonds. The molecule has 0 N–H and O–H groups in total. The predicted molar refractivity (Wildman–Crippen MR) is 70.8 cm³/mol. The molecule has 0 saturated carbocycles. The Morgan fingerprint density at radius 2 is 2.06 bits per heavy atom. The van der Waals surface area contributed by atoms with Crippen molar-refractivity contribution in [3.8, 4) is 11.3 Å². The summed E-state index contributed by atoms with van der Waals surface area (Å²) in [5.41, 5.74) is 1.32. The van der Waals surface area contributed by atoms with E-state index in [2.05, 4.69) is 4.98 Å². The van der Waals surface area contributed by atoms with Gasteiger partial charge in [0.2, 0.25) is 0 Å². The molecule has 0 spiro atoms. The number of ether oxygens (including phenoxy) is 1. The van der Waals surface area contributed by atoms with Gasteiger partial charge in [-0.05, 0) is 32.9 Å². The lowest BCUT2D eigenvalue weighted by Crippen LogP contribution is -2.27. The Balaban J connectivity index is 0.00000144. The summed E-state index contributed by atoms with van der Waals surface area (Å²) in [5.74, 6) is 0. The molecule has 0 fully saturated rings. The number of carbonyl (C=O) groups excluding carboxylic acids is 1. The molecule has 0 radical (unpaired) electrons. The van der Waals surface area contributed by atoms with Gasteiger partial charge in [0.05, 0.1) is 5.69 Å². The van der Waals surface area contributed by atoms with Gasteiger partial charge in [-0.15, -0.1) is 17.0 Å². The average molecular weight is 299 g/mol. The van der Waals surface area contributed by atoms with E-state index in [-0.39, 0.29) is 23.1 Å². The average Bonchev–Trinajstić information content (AvgIpc) is 2.61. The third kappa shape index (κ3) is 3.30. The molecule has 0 aromatic heterocycles. The smallest absolute Gasteiger partial charge is 0.418 e. The highest BCUT2D eigenvalue weighted by molar-refractivity contribution is 8.93. The molecule has 0 atom stereocenters. The number of hydrogen-bond acceptors (Lipinski definition) is 3. The highest BCUT2D eigenvalue weighted by Crippen LogP contribution is 2.19. The fourth-order valence-corrected chi connectivity index (χ4v) is 1.38. The van der Waals surface area contributed by atoms with Crippen molar-refractivity contribution in [1.29, 1.82) is 0 Å². The first kappa shape index (κ1) is 13.7. The summed E-state index contributed by atoms with van der Waals surface area (Å²) in [6.07, 6.45) is 4.71. The molecule has 2 aliphatic rings. The van der Waals surface area contributed by atoms with Crippen molar-refractivity contribution in [2.24, 2.45) is 0 Å². The normalized spacial score (nSPS) is 11.0. The van der Waals surface area contributed by atoms with E-state index in [4.69, 9.17) is 4.74 Å². The number of halogens is 1. The van der Waals surface area contributed by atoms with Gasteiger partial charge < -0.3 is 4.74 Å². The lowest BCUT2D eigenvalue weighted by molar-refractivity contribution is 0.0536. The third-order valence-electron chi connectivity index (χ3n) is 2.04. The number of carbonyl (C=O) groups is 1. The molecule has 5 heteroatoms. The maximum atomic E-state index is 11.7. The minimum absolute atomic E-state index is 0. The van der Waals surface area contributed by atoms with Crippen LogP contribution in [0, 0.1) is 0 Å². The van der Waals surface area contributed by atoms with Gasteiger partial charge in [0.25, 0.3) is 0 Å². The van der Waals surface area contributed by atoms with Gasteiger partial charge in [-0.2, -0.15) is 0 Å². The maximum absolute atomic E-state index is 11.7. The molecule has 17 heavy (non-hydrogen) atoms. The van der Waals surface area contributed by atoms with Crippen molar-refractivity contribution in [3.05, 3.63) is 30.7 Å². The van der Waals surface area contributed by atoms with Gasteiger partial charge in [-0.25, -0.2) is 4.79 Å². The summed E-state index contributed by atoms with van der Waals surface area (Å²) in [7, 11) is 0. The monoisotopic (exact) mass is 298 g/mol. The van der Waals surface area contributed by atoms with Crippen LogP contribution in [0.1, 0.15) is 20.8 Å². The summed E-state index contributed by atoms with van der Waals surface area (Å²) in [6, 6.07) is 3.65. The van der Waals surface area contributed by atoms with Crippen LogP contribution >= 0.6 is 17.0 Å². The molecule has 0 saturated heterocycles. The van der Waals surface area contributed by atoms with E-state index in [0.29, 0.717) is 0 Å². The van der Waals surface area contributed by atoms with Crippen LogP contribution in [0.5, 0.6) is 0 Å². The van der Waals surface area contributed by atoms with Crippen LogP contribution in [-0.4, -0.2) is 21.2 Å². The molecule has 4 nitrogen and oxygen atoms in total. The highest BCUT2D eigenvalue weighted by atomic mass is 79.9. The maximum Gasteiger partial charge on any atom is 0.418 e. The van der Waals surface area contributed by atoms with Gasteiger partial charge in [0.15, 0.2) is 0 Å². The summed E-state index contributed by atoms with van der Waals surface area (Å²) in [6.45, 7) is 5.52. The van der Waals surface area contributed by atoms with E-state index in [9.17, 15) is 4.79 Å². The van der Waals surface area contributed by atoms with Crippen molar-refractivity contribution in [2.45, 2.75) is 26.4 Å². The molecule has 0 aliphatic carbocycles. The zero-order valence-electron chi connectivity index (χ0n) is 10.0. The second kappa shape index (κ2) is 4.87. The number of fused-ring (bicyclic) bond motifs is 1. The fourth-order valence-electron chi connectivity index (χ4n) is 1.38. The minimum Gasteiger partial charge on any atom is -0.443 e. The molecule has 0 bridgehead atoms. The second-order valence-corrected chi connectivity index (χ2v) is 4.62. The quantitative estimate of drug-likeness (QED) is 0.749. The zero-order chi connectivity index (χ0) is 11.8. The minimum atomic E-state index is -0.483. The molecule has 2 rings (SSSR count). The van der Waals surface area contributed by atoms with Gasteiger partial charge in [0, 0.05) is 24.2 Å². The molecule has 0 aromatic carbocycles. The first-order valence-corrected chi connectivity index (χ1v) is 5.12. The van der Waals surface area contributed by atoms with Crippen LogP contribution in [-0.2, 0) is 4.74 Å². The second-order valence-electron chi connectivity index (χ2n) is 4.62. The number of nitrogens with zero attached hydrogens (tertiary/aromatic N) is 2. The third-order valence-corrected chi connectivity index (χ3v) is 2.04. The Morgan fingerprint density at radius 1 is 1.35 bits per heavy atom. The van der Waals surface area contributed by atoms with Crippen LogP contribution in [0.4, 0.5) is 4.79 Å². The SMILES string of the molecule is Br.CC(C)(C)OC(=O)n1ccc2nccc-2c1. The number of aromatic nitrogens is 2. The Morgan fingerprint density at radius 3 is 2.71 bits per heavy atom. The van der Waals surface area contributed by atoms with Crippen LogP contribution < -0.4 is 0 Å². The van der Waals surface area contributed by atoms with Crippen LogP contribution in [0.2, 0.25) is 0 Å². The zero-order valence-corrected chi connectivity index (χ0v) is 11.7. The van der Waals surface area contributed by atoms with Gasteiger partial charge >= 0.3 is 6.09 Å². The van der Waals surface area contributed by atoms with Crippen LogP contribution in [0.15, 0.2) is 30.7 Å². The first-order valence-electron chi connectivity index (χ1n) is 5.12. The number of pyridine rings is 1. The van der Waals surface area contributed by atoms with E-state index in [1.165, 1.54) is 4.57 Å². The molecule has 2 heterocycles. The topological polar surface area (TPSA) is 44.1 Å². The van der Waals surface area contributed by atoms with Crippen LogP contribution in [0.25, 0.3) is 11.3 Å². The standard InChI is InChI=1S/C12H14N2O2.BrH/c1-12(2,3)16-11(15)14-7-5-10-9(8-14)4-6-13-10;/h4-8H,1-3H3;1H. The molecule has 92 valence electrons. The summed E-state index contributed by atoms with van der Waals surface area (Å²) < 4.78 is 6.68. The van der Waals surface area contributed by atoms with E-state index in [1.807, 2.05) is 26.8 Å². The number of rotatable bonds is 0. The lowest BCUT2D eigenvalue weighted by atomic mass is 10.2. The fraction of sp³-hybridized carbons (Fsp3) is 0.333. The Labute approximate surface area is 111 Å². The summed E-state index contributed by atoms with van der Waals surface area (Å²) in [5, 5.41) is 0. The van der Waals surface area contributed by atoms with Gasteiger partial charge in [-0.3, -0.25) is 9.55 Å². The van der Waals surface area contributed by atoms with E-state index in [1.54, 1.807) is 24.7 Å². The van der Waals surface area contributed by atoms with Crippen molar-refractivity contribution in [2.75, 3.05) is 0 Å². The Kier molecular flexibility index (Phi) is 3.93.